The molecule has 24 heavy (non-hydrogen) atoms. The number of nitrogens with zero attached hydrogens (tertiary/aromatic N) is 2. The molecule has 1 aliphatic heterocycles. The van der Waals surface area contributed by atoms with Crippen molar-refractivity contribution in [3.05, 3.63) is 64.4 Å². The van der Waals surface area contributed by atoms with Crippen LogP contribution in [0.25, 0.3) is 0 Å². The Bertz CT molecular complexity index is 703. The second-order valence-electron chi connectivity index (χ2n) is 5.61. The van der Waals surface area contributed by atoms with Crippen molar-refractivity contribution in [2.45, 2.75) is 6.61 Å². The van der Waals surface area contributed by atoms with Crippen LogP contribution >= 0.6 is 15.9 Å². The van der Waals surface area contributed by atoms with Gasteiger partial charge in [-0.25, -0.2) is 9.18 Å². The van der Waals surface area contributed by atoms with Crippen LogP contribution < -0.4 is 4.90 Å². The number of halogens is 2. The van der Waals surface area contributed by atoms with Crippen molar-refractivity contribution in [2.75, 3.05) is 31.1 Å². The van der Waals surface area contributed by atoms with Gasteiger partial charge in [-0.1, -0.05) is 46.3 Å². The lowest BCUT2D eigenvalue weighted by molar-refractivity contribution is 0.0941. The minimum Gasteiger partial charge on any atom is -0.445 e. The molecule has 2 aromatic carbocycles. The van der Waals surface area contributed by atoms with Crippen LogP contribution in [-0.2, 0) is 11.3 Å². The highest BCUT2D eigenvalue weighted by molar-refractivity contribution is 9.10. The van der Waals surface area contributed by atoms with Crippen LogP contribution in [0.3, 0.4) is 0 Å². The molecule has 1 saturated heterocycles. The summed E-state index contributed by atoms with van der Waals surface area (Å²) in [5.41, 5.74) is 1.52. The Kier molecular flexibility index (Phi) is 5.35. The van der Waals surface area contributed by atoms with Crippen molar-refractivity contribution in [3.8, 4) is 0 Å². The largest absolute Gasteiger partial charge is 0.445 e. The molecule has 126 valence electrons. The number of rotatable bonds is 3. The molecule has 1 aliphatic rings. The first-order chi connectivity index (χ1) is 11.6. The summed E-state index contributed by atoms with van der Waals surface area (Å²) in [6.45, 7) is 2.46. The Balaban J connectivity index is 1.52. The van der Waals surface area contributed by atoms with Crippen LogP contribution in [-0.4, -0.2) is 37.2 Å². The van der Waals surface area contributed by atoms with Crippen LogP contribution in [0, 0.1) is 5.82 Å². The molecule has 1 amide bonds. The number of anilines is 1. The van der Waals surface area contributed by atoms with E-state index in [0.717, 1.165) is 5.56 Å². The first kappa shape index (κ1) is 16.8. The Labute approximate surface area is 149 Å². The van der Waals surface area contributed by atoms with Crippen LogP contribution in [0.4, 0.5) is 14.9 Å². The van der Waals surface area contributed by atoms with Crippen molar-refractivity contribution in [3.63, 3.8) is 0 Å². The van der Waals surface area contributed by atoms with Gasteiger partial charge in [-0.05, 0) is 23.8 Å². The van der Waals surface area contributed by atoms with Gasteiger partial charge in [-0.15, -0.1) is 0 Å². The molecule has 1 fully saturated rings. The van der Waals surface area contributed by atoms with Crippen LogP contribution in [0.15, 0.2) is 53.0 Å². The van der Waals surface area contributed by atoms with Crippen molar-refractivity contribution >= 4 is 27.7 Å². The summed E-state index contributed by atoms with van der Waals surface area (Å²) in [4.78, 5) is 15.7. The molecule has 4 nitrogen and oxygen atoms in total. The quantitative estimate of drug-likeness (QED) is 0.789. The molecule has 0 saturated carbocycles. The van der Waals surface area contributed by atoms with Crippen molar-refractivity contribution in [1.82, 2.24) is 4.90 Å². The van der Waals surface area contributed by atoms with Crippen LogP contribution in [0.5, 0.6) is 0 Å². The van der Waals surface area contributed by atoms with Gasteiger partial charge < -0.3 is 14.5 Å². The van der Waals surface area contributed by atoms with E-state index in [4.69, 9.17) is 4.74 Å². The lowest BCUT2D eigenvalue weighted by Gasteiger charge is -2.35. The minimum absolute atomic E-state index is 0.260. The molecule has 0 aromatic heterocycles. The number of piperazine rings is 1. The maximum atomic E-state index is 14.0. The van der Waals surface area contributed by atoms with E-state index in [0.29, 0.717) is 36.3 Å². The average Bonchev–Trinajstić information content (AvgIpc) is 2.61. The number of hydrogen-bond acceptors (Lipinski definition) is 3. The Hall–Kier alpha value is -2.08. The first-order valence-electron chi connectivity index (χ1n) is 7.79. The minimum atomic E-state index is -0.324. The zero-order valence-electron chi connectivity index (χ0n) is 13.1. The highest BCUT2D eigenvalue weighted by atomic mass is 79.9. The van der Waals surface area contributed by atoms with Gasteiger partial charge in [0, 0.05) is 30.7 Å². The molecule has 6 heteroatoms. The Morgan fingerprint density at radius 1 is 1.08 bits per heavy atom. The fourth-order valence-corrected chi connectivity index (χ4v) is 3.01. The van der Waals surface area contributed by atoms with Gasteiger partial charge in [0.05, 0.1) is 5.69 Å². The number of ether oxygens (including phenoxy) is 1. The molecule has 0 spiro atoms. The maximum absolute atomic E-state index is 14.0. The summed E-state index contributed by atoms with van der Waals surface area (Å²) < 4.78 is 20.1. The number of carbonyl (C=O) groups is 1. The summed E-state index contributed by atoms with van der Waals surface area (Å²) in [6.07, 6.45) is -0.324. The van der Waals surface area contributed by atoms with Crippen molar-refractivity contribution in [1.29, 1.82) is 0 Å². The zero-order chi connectivity index (χ0) is 16.9. The molecule has 0 unspecified atom stereocenters. The fourth-order valence-electron chi connectivity index (χ4n) is 2.68. The van der Waals surface area contributed by atoms with E-state index in [1.54, 1.807) is 11.0 Å². The smallest absolute Gasteiger partial charge is 0.410 e. The summed E-state index contributed by atoms with van der Waals surface area (Å²) >= 11 is 3.26. The summed E-state index contributed by atoms with van der Waals surface area (Å²) in [7, 11) is 0. The summed E-state index contributed by atoms with van der Waals surface area (Å²) in [6, 6.07) is 14.6. The average molecular weight is 393 g/mol. The van der Waals surface area contributed by atoms with Gasteiger partial charge in [-0.3, -0.25) is 0 Å². The maximum Gasteiger partial charge on any atom is 0.410 e. The van der Waals surface area contributed by atoms with E-state index in [1.165, 1.54) is 6.07 Å². The summed E-state index contributed by atoms with van der Waals surface area (Å²) in [5.74, 6) is -0.260. The second-order valence-corrected chi connectivity index (χ2v) is 6.53. The lowest BCUT2D eigenvalue weighted by Crippen LogP contribution is -2.49. The van der Waals surface area contributed by atoms with E-state index in [1.807, 2.05) is 41.3 Å². The predicted octanol–water partition coefficient (Wildman–Crippen LogP) is 4.05. The molecule has 0 N–H and O–H groups in total. The molecule has 1 heterocycles. The van der Waals surface area contributed by atoms with Gasteiger partial charge in [0.25, 0.3) is 0 Å². The van der Waals surface area contributed by atoms with Gasteiger partial charge >= 0.3 is 6.09 Å². The molecular formula is C18H18BrFN2O2. The van der Waals surface area contributed by atoms with E-state index >= 15 is 0 Å². The second kappa shape index (κ2) is 7.66. The fraction of sp³-hybridized carbons (Fsp3) is 0.278. The number of carbonyl (C=O) groups excluding carboxylic acids is 1. The summed E-state index contributed by atoms with van der Waals surface area (Å²) in [5, 5.41) is 0. The standard InChI is InChI=1S/C18H18BrFN2O2/c19-15-6-7-17(16(20)12-15)21-8-10-22(11-9-21)18(23)24-13-14-4-2-1-3-5-14/h1-7,12H,8-11,13H2. The molecule has 0 aliphatic carbocycles. The third-order valence-electron chi connectivity index (χ3n) is 3.99. The molecule has 0 radical (unpaired) electrons. The zero-order valence-corrected chi connectivity index (χ0v) is 14.7. The Morgan fingerprint density at radius 2 is 1.79 bits per heavy atom. The van der Waals surface area contributed by atoms with E-state index in [9.17, 15) is 9.18 Å². The van der Waals surface area contributed by atoms with Crippen LogP contribution in [0.2, 0.25) is 0 Å². The van der Waals surface area contributed by atoms with Gasteiger partial charge in [-0.2, -0.15) is 0 Å². The highest BCUT2D eigenvalue weighted by Crippen LogP contribution is 2.24. The first-order valence-corrected chi connectivity index (χ1v) is 8.58. The predicted molar refractivity (Wildman–Crippen MR) is 94.5 cm³/mol. The number of benzene rings is 2. The normalized spacial score (nSPS) is 14.6. The molecule has 0 bridgehead atoms. The van der Waals surface area contributed by atoms with Gasteiger partial charge in [0.2, 0.25) is 0 Å². The molecular weight excluding hydrogens is 375 g/mol. The van der Waals surface area contributed by atoms with Crippen molar-refractivity contribution in [2.24, 2.45) is 0 Å². The topological polar surface area (TPSA) is 32.8 Å². The third kappa shape index (κ3) is 4.06. The third-order valence-corrected chi connectivity index (χ3v) is 4.49. The lowest BCUT2D eigenvalue weighted by atomic mass is 10.2. The SMILES string of the molecule is O=C(OCc1ccccc1)N1CCN(c2ccc(Br)cc2F)CC1. The monoisotopic (exact) mass is 392 g/mol. The van der Waals surface area contributed by atoms with Crippen molar-refractivity contribution < 1.29 is 13.9 Å². The van der Waals surface area contributed by atoms with E-state index < -0.39 is 0 Å². The van der Waals surface area contributed by atoms with E-state index in [2.05, 4.69) is 15.9 Å². The molecule has 3 rings (SSSR count). The van der Waals surface area contributed by atoms with Gasteiger partial charge in [0.1, 0.15) is 12.4 Å². The number of amides is 1. The number of hydrogen-bond donors (Lipinski definition) is 0. The van der Waals surface area contributed by atoms with E-state index in [-0.39, 0.29) is 18.5 Å². The van der Waals surface area contributed by atoms with Crippen LogP contribution in [0.1, 0.15) is 5.56 Å². The highest BCUT2D eigenvalue weighted by Gasteiger charge is 2.23. The Morgan fingerprint density at radius 3 is 2.46 bits per heavy atom. The van der Waals surface area contributed by atoms with Gasteiger partial charge in [0.15, 0.2) is 0 Å². The molecule has 2 aromatic rings. The molecule has 0 atom stereocenters.